The fourth-order valence-corrected chi connectivity index (χ4v) is 3.32. The van der Waals surface area contributed by atoms with Crippen molar-refractivity contribution >= 4 is 5.91 Å². The highest BCUT2D eigenvalue weighted by atomic mass is 16.5. The summed E-state index contributed by atoms with van der Waals surface area (Å²) in [5.41, 5.74) is 1.44. The molecule has 1 spiro atoms. The molecule has 4 rings (SSSR count). The molecule has 1 aromatic heterocycles. The number of hydrogen-bond acceptors (Lipinski definition) is 4. The highest BCUT2D eigenvalue weighted by molar-refractivity contribution is 5.93. The van der Waals surface area contributed by atoms with Gasteiger partial charge in [-0.3, -0.25) is 4.79 Å². The summed E-state index contributed by atoms with van der Waals surface area (Å²) in [5.74, 6) is 0.300. The third-order valence-electron chi connectivity index (χ3n) is 4.85. The minimum absolute atomic E-state index is 0.126. The van der Waals surface area contributed by atoms with Gasteiger partial charge < -0.3 is 10.1 Å². The zero-order valence-electron chi connectivity index (χ0n) is 11.5. The normalized spacial score (nSPS) is 27.5. The molecule has 2 N–H and O–H groups in total. The van der Waals surface area contributed by atoms with Crippen LogP contribution in [0.25, 0.3) is 0 Å². The van der Waals surface area contributed by atoms with Crippen molar-refractivity contribution in [2.45, 2.75) is 62.6 Å². The molecule has 1 atom stereocenters. The summed E-state index contributed by atoms with van der Waals surface area (Å²) in [7, 11) is 0. The molecule has 108 valence electrons. The minimum Gasteiger partial charge on any atom is -0.370 e. The van der Waals surface area contributed by atoms with Crippen LogP contribution in [-0.4, -0.2) is 39.6 Å². The second kappa shape index (κ2) is 4.55. The van der Waals surface area contributed by atoms with E-state index in [2.05, 4.69) is 20.7 Å². The van der Waals surface area contributed by atoms with E-state index in [0.717, 1.165) is 31.4 Å². The molecule has 1 saturated heterocycles. The maximum Gasteiger partial charge on any atom is 0.273 e. The summed E-state index contributed by atoms with van der Waals surface area (Å²) in [6.07, 6.45) is 8.24. The topological polar surface area (TPSA) is 79.9 Å². The summed E-state index contributed by atoms with van der Waals surface area (Å²) in [5, 5.41) is 13.6. The van der Waals surface area contributed by atoms with Gasteiger partial charge in [0, 0.05) is 12.5 Å². The summed E-state index contributed by atoms with van der Waals surface area (Å²) < 4.78 is 6.08. The largest absolute Gasteiger partial charge is 0.370 e. The van der Waals surface area contributed by atoms with E-state index in [9.17, 15) is 4.79 Å². The Morgan fingerprint density at radius 3 is 2.80 bits per heavy atom. The van der Waals surface area contributed by atoms with Gasteiger partial charge in [-0.2, -0.15) is 15.4 Å². The molecule has 1 amide bonds. The Morgan fingerprint density at radius 2 is 2.15 bits per heavy atom. The van der Waals surface area contributed by atoms with Crippen molar-refractivity contribution in [2.24, 2.45) is 0 Å². The number of rotatable bonds is 4. The summed E-state index contributed by atoms with van der Waals surface area (Å²) in [6, 6.07) is 0. The van der Waals surface area contributed by atoms with Crippen LogP contribution in [0.2, 0.25) is 0 Å². The van der Waals surface area contributed by atoms with Gasteiger partial charge in [0.25, 0.3) is 5.91 Å². The number of carbonyl (C=O) groups is 1. The number of aromatic amines is 1. The highest BCUT2D eigenvalue weighted by Gasteiger charge is 2.44. The monoisotopic (exact) mass is 276 g/mol. The van der Waals surface area contributed by atoms with Crippen molar-refractivity contribution in [1.82, 2.24) is 20.7 Å². The van der Waals surface area contributed by atoms with Crippen LogP contribution < -0.4 is 5.32 Å². The molecule has 3 fully saturated rings. The zero-order chi connectivity index (χ0) is 13.6. The minimum atomic E-state index is -0.126. The van der Waals surface area contributed by atoms with Crippen molar-refractivity contribution in [1.29, 1.82) is 0 Å². The average Bonchev–Trinajstić information content (AvgIpc) is 2.99. The lowest BCUT2D eigenvalue weighted by Gasteiger charge is -2.37. The molecule has 6 heteroatoms. The van der Waals surface area contributed by atoms with Crippen LogP contribution in [0.1, 0.15) is 67.0 Å². The molecule has 1 unspecified atom stereocenters. The zero-order valence-corrected chi connectivity index (χ0v) is 11.5. The van der Waals surface area contributed by atoms with Gasteiger partial charge in [0.05, 0.1) is 17.4 Å². The van der Waals surface area contributed by atoms with Gasteiger partial charge in [0.2, 0.25) is 0 Å². The fraction of sp³-hybridized carbons (Fsp3) is 0.786. The Morgan fingerprint density at radius 1 is 1.30 bits per heavy atom. The highest BCUT2D eigenvalue weighted by Crippen LogP contribution is 2.45. The van der Waals surface area contributed by atoms with E-state index in [1.165, 1.54) is 19.3 Å². The molecular formula is C14H20N4O2. The number of nitrogens with one attached hydrogen (secondary N) is 2. The van der Waals surface area contributed by atoms with E-state index in [4.69, 9.17) is 4.74 Å². The quantitative estimate of drug-likeness (QED) is 0.873. The Hall–Kier alpha value is -1.43. The second-order valence-corrected chi connectivity index (χ2v) is 6.36. The second-order valence-electron chi connectivity index (χ2n) is 6.36. The fourth-order valence-electron chi connectivity index (χ4n) is 3.32. The first kappa shape index (κ1) is 12.3. The predicted octanol–water partition coefficient (Wildman–Crippen LogP) is 1.51. The van der Waals surface area contributed by atoms with Gasteiger partial charge in [0.15, 0.2) is 5.69 Å². The first-order chi connectivity index (χ1) is 9.76. The van der Waals surface area contributed by atoms with Crippen LogP contribution in [0.3, 0.4) is 0 Å². The molecule has 6 nitrogen and oxygen atoms in total. The third kappa shape index (κ3) is 2.12. The molecule has 2 aliphatic carbocycles. The Kier molecular flexibility index (Phi) is 2.80. The number of aromatic nitrogens is 3. The summed E-state index contributed by atoms with van der Waals surface area (Å²) in [4.78, 5) is 12.2. The van der Waals surface area contributed by atoms with Gasteiger partial charge in [-0.25, -0.2) is 0 Å². The first-order valence-corrected chi connectivity index (χ1v) is 7.62. The van der Waals surface area contributed by atoms with E-state index in [0.29, 0.717) is 18.2 Å². The number of amides is 1. The van der Waals surface area contributed by atoms with E-state index < -0.39 is 0 Å². The molecule has 20 heavy (non-hydrogen) atoms. The molecule has 1 aliphatic heterocycles. The lowest BCUT2D eigenvalue weighted by molar-refractivity contribution is -0.0891. The van der Waals surface area contributed by atoms with Gasteiger partial charge in [0.1, 0.15) is 0 Å². The van der Waals surface area contributed by atoms with Gasteiger partial charge in [-0.05, 0) is 44.9 Å². The van der Waals surface area contributed by atoms with Crippen molar-refractivity contribution < 1.29 is 9.53 Å². The molecule has 2 saturated carbocycles. The van der Waals surface area contributed by atoms with Crippen LogP contribution in [0.5, 0.6) is 0 Å². The molecular weight excluding hydrogens is 256 g/mol. The number of hydrogen-bond donors (Lipinski definition) is 2. The van der Waals surface area contributed by atoms with E-state index in [1.54, 1.807) is 0 Å². The third-order valence-corrected chi connectivity index (χ3v) is 4.85. The van der Waals surface area contributed by atoms with Crippen molar-refractivity contribution in [3.63, 3.8) is 0 Å². The summed E-state index contributed by atoms with van der Waals surface area (Å²) in [6.45, 7) is 0.581. The Bertz CT molecular complexity index is 519. The van der Waals surface area contributed by atoms with E-state index >= 15 is 0 Å². The smallest absolute Gasteiger partial charge is 0.273 e. The molecule has 0 aromatic carbocycles. The van der Waals surface area contributed by atoms with E-state index in [-0.39, 0.29) is 17.6 Å². The Balaban J connectivity index is 1.33. The number of carbonyl (C=O) groups excluding carboxylic acids is 1. The van der Waals surface area contributed by atoms with Gasteiger partial charge in [-0.1, -0.05) is 0 Å². The van der Waals surface area contributed by atoms with Crippen molar-refractivity contribution in [3.8, 4) is 0 Å². The van der Waals surface area contributed by atoms with Crippen LogP contribution in [0.4, 0.5) is 0 Å². The van der Waals surface area contributed by atoms with Crippen LogP contribution in [0, 0.1) is 0 Å². The van der Waals surface area contributed by atoms with Gasteiger partial charge in [-0.15, -0.1) is 0 Å². The van der Waals surface area contributed by atoms with Crippen LogP contribution in [-0.2, 0) is 4.74 Å². The standard InChI is InChI=1S/C14H20N4O2/c19-13(12-11(9-2-3-9)16-18-17-12)15-8-10-4-7-14(20-10)5-1-6-14/h9-10H,1-8H2,(H,15,19)(H,16,17,18). The van der Waals surface area contributed by atoms with Crippen LogP contribution in [0.15, 0.2) is 0 Å². The SMILES string of the molecule is O=C(NCC1CCC2(CCC2)O1)c1n[nH]nc1C1CC1. The first-order valence-electron chi connectivity index (χ1n) is 7.62. The van der Waals surface area contributed by atoms with Crippen LogP contribution >= 0.6 is 0 Å². The number of nitrogens with zero attached hydrogens (tertiary/aromatic N) is 2. The number of ether oxygens (including phenoxy) is 1. The molecule has 0 bridgehead atoms. The predicted molar refractivity (Wildman–Crippen MR) is 71.4 cm³/mol. The summed E-state index contributed by atoms with van der Waals surface area (Å²) >= 11 is 0. The average molecular weight is 276 g/mol. The maximum atomic E-state index is 12.2. The molecule has 2 heterocycles. The van der Waals surface area contributed by atoms with E-state index in [1.807, 2.05) is 0 Å². The maximum absolute atomic E-state index is 12.2. The molecule has 3 aliphatic rings. The number of H-pyrrole nitrogens is 1. The van der Waals surface area contributed by atoms with Gasteiger partial charge >= 0.3 is 0 Å². The molecule has 0 radical (unpaired) electrons. The van der Waals surface area contributed by atoms with Crippen molar-refractivity contribution in [3.05, 3.63) is 11.4 Å². The lowest BCUT2D eigenvalue weighted by atomic mass is 9.78. The molecule has 1 aromatic rings. The lowest BCUT2D eigenvalue weighted by Crippen LogP contribution is -2.39. The Labute approximate surface area is 117 Å². The van der Waals surface area contributed by atoms with Crippen molar-refractivity contribution in [2.75, 3.05) is 6.54 Å².